The third kappa shape index (κ3) is 4.33. The van der Waals surface area contributed by atoms with Crippen LogP contribution < -0.4 is 14.8 Å². The summed E-state index contributed by atoms with van der Waals surface area (Å²) in [5, 5.41) is 7.23. The number of rotatable bonds is 5. The lowest BCUT2D eigenvalue weighted by Gasteiger charge is -2.04. The van der Waals surface area contributed by atoms with Gasteiger partial charge in [-0.2, -0.15) is 5.10 Å². The van der Waals surface area contributed by atoms with E-state index in [0.29, 0.717) is 17.1 Å². The number of nitrogens with one attached hydrogen (secondary N) is 1. The van der Waals surface area contributed by atoms with E-state index in [-0.39, 0.29) is 12.5 Å². The molecule has 6 nitrogen and oxygen atoms in total. The first-order valence-electron chi connectivity index (χ1n) is 8.71. The summed E-state index contributed by atoms with van der Waals surface area (Å²) in [6.07, 6.45) is 0. The van der Waals surface area contributed by atoms with Crippen molar-refractivity contribution in [1.29, 1.82) is 0 Å². The first-order valence-corrected chi connectivity index (χ1v) is 8.71. The fourth-order valence-electron chi connectivity index (χ4n) is 2.70. The van der Waals surface area contributed by atoms with Crippen molar-refractivity contribution in [1.82, 2.24) is 15.1 Å². The molecule has 0 unspecified atom stereocenters. The van der Waals surface area contributed by atoms with Gasteiger partial charge in [-0.3, -0.25) is 9.48 Å². The molecule has 3 aromatic rings. The first kappa shape index (κ1) is 19.1. The van der Waals surface area contributed by atoms with Gasteiger partial charge in [-0.05, 0) is 42.5 Å². The van der Waals surface area contributed by atoms with Crippen LogP contribution in [0.3, 0.4) is 0 Å². The molecule has 6 heteroatoms. The Bertz CT molecular complexity index is 1030. The van der Waals surface area contributed by atoms with Gasteiger partial charge in [-0.15, -0.1) is 0 Å². The molecule has 3 rings (SSSR count). The van der Waals surface area contributed by atoms with Gasteiger partial charge in [0, 0.05) is 18.2 Å². The molecule has 1 aromatic heterocycles. The van der Waals surface area contributed by atoms with Gasteiger partial charge in [-0.1, -0.05) is 24.0 Å². The molecule has 0 fully saturated rings. The molecular weight excluding hydrogens is 354 g/mol. The summed E-state index contributed by atoms with van der Waals surface area (Å²) in [5.41, 5.74) is 2.81. The fourth-order valence-corrected chi connectivity index (χ4v) is 2.70. The van der Waals surface area contributed by atoms with Gasteiger partial charge in [0.2, 0.25) is 0 Å². The van der Waals surface area contributed by atoms with Crippen LogP contribution >= 0.6 is 0 Å². The smallest absolute Gasteiger partial charge is 0.270 e. The highest BCUT2D eigenvalue weighted by Gasteiger charge is 2.15. The quantitative estimate of drug-likeness (QED) is 0.697. The fraction of sp³-hybridized carbons (Fsp3) is 0.182. The molecule has 1 heterocycles. The van der Waals surface area contributed by atoms with Crippen molar-refractivity contribution in [3.8, 4) is 34.6 Å². The Kier molecular flexibility index (Phi) is 5.97. The van der Waals surface area contributed by atoms with Gasteiger partial charge < -0.3 is 14.8 Å². The molecule has 142 valence electrons. The predicted molar refractivity (Wildman–Crippen MR) is 107 cm³/mol. The molecule has 0 radical (unpaired) electrons. The number of hydrogen-bond acceptors (Lipinski definition) is 4. The molecule has 1 amide bonds. The van der Waals surface area contributed by atoms with Crippen LogP contribution in [-0.4, -0.2) is 36.5 Å². The lowest BCUT2D eigenvalue weighted by atomic mass is 10.1. The maximum Gasteiger partial charge on any atom is 0.270 e. The zero-order valence-corrected chi connectivity index (χ0v) is 16.0. The van der Waals surface area contributed by atoms with Crippen LogP contribution in [0.25, 0.3) is 11.3 Å². The number of hydrogen-bond donors (Lipinski definition) is 1. The lowest BCUT2D eigenvalue weighted by molar-refractivity contribution is 0.0949. The number of ether oxygens (including phenoxy) is 2. The molecule has 0 aliphatic heterocycles. The van der Waals surface area contributed by atoms with Gasteiger partial charge in [0.15, 0.2) is 0 Å². The Labute approximate surface area is 164 Å². The molecule has 0 atom stereocenters. The second kappa shape index (κ2) is 8.78. The van der Waals surface area contributed by atoms with Crippen LogP contribution in [-0.2, 0) is 7.05 Å². The number of aromatic nitrogens is 2. The zero-order chi connectivity index (χ0) is 19.9. The number of para-hydroxylation sites is 1. The minimum Gasteiger partial charge on any atom is -0.497 e. The maximum absolute atomic E-state index is 12.5. The van der Waals surface area contributed by atoms with Crippen molar-refractivity contribution in [3.63, 3.8) is 0 Å². The normalized spacial score (nSPS) is 9.96. The van der Waals surface area contributed by atoms with Gasteiger partial charge >= 0.3 is 0 Å². The van der Waals surface area contributed by atoms with E-state index in [1.807, 2.05) is 48.5 Å². The molecule has 0 aliphatic rings. The summed E-state index contributed by atoms with van der Waals surface area (Å²) in [6, 6.07) is 16.7. The summed E-state index contributed by atoms with van der Waals surface area (Å²) < 4.78 is 12.0. The summed E-state index contributed by atoms with van der Waals surface area (Å²) >= 11 is 0. The monoisotopic (exact) mass is 375 g/mol. The zero-order valence-electron chi connectivity index (χ0n) is 16.0. The van der Waals surface area contributed by atoms with Crippen molar-refractivity contribution in [3.05, 3.63) is 65.9 Å². The number of aryl methyl sites for hydroxylation is 1. The summed E-state index contributed by atoms with van der Waals surface area (Å²) in [4.78, 5) is 12.5. The molecule has 0 spiro atoms. The molecule has 0 aliphatic carbocycles. The van der Waals surface area contributed by atoms with Crippen LogP contribution in [0.5, 0.6) is 11.5 Å². The average molecular weight is 375 g/mol. The third-order valence-electron chi connectivity index (χ3n) is 4.16. The van der Waals surface area contributed by atoms with Crippen molar-refractivity contribution in [2.45, 2.75) is 0 Å². The van der Waals surface area contributed by atoms with E-state index in [1.165, 1.54) is 0 Å². The van der Waals surface area contributed by atoms with E-state index in [4.69, 9.17) is 9.47 Å². The minimum absolute atomic E-state index is 0.236. The first-order chi connectivity index (χ1) is 13.6. The Hall–Kier alpha value is -3.72. The molecule has 28 heavy (non-hydrogen) atoms. The van der Waals surface area contributed by atoms with E-state index < -0.39 is 0 Å². The van der Waals surface area contributed by atoms with Crippen LogP contribution in [0, 0.1) is 11.8 Å². The third-order valence-corrected chi connectivity index (χ3v) is 4.16. The van der Waals surface area contributed by atoms with Crippen molar-refractivity contribution in [2.75, 3.05) is 20.8 Å². The highest BCUT2D eigenvalue weighted by Crippen LogP contribution is 2.28. The van der Waals surface area contributed by atoms with E-state index in [9.17, 15) is 4.79 Å². The number of nitrogens with zero attached hydrogens (tertiary/aromatic N) is 2. The Balaban J connectivity index is 1.67. The number of carbonyl (C=O) groups is 1. The Morgan fingerprint density at radius 3 is 2.57 bits per heavy atom. The summed E-state index contributed by atoms with van der Waals surface area (Å²) in [7, 11) is 4.96. The topological polar surface area (TPSA) is 65.4 Å². The summed E-state index contributed by atoms with van der Waals surface area (Å²) in [6.45, 7) is 0.236. The minimum atomic E-state index is -0.236. The van der Waals surface area contributed by atoms with Crippen LogP contribution in [0.1, 0.15) is 16.1 Å². The standard InChI is InChI=1S/C22H21N3O3/c1-25-20(15-19(24-25)18-8-4-5-9-21(18)28-3)22(26)23-14-6-7-16-10-12-17(27-2)13-11-16/h4-5,8-13,15H,14H2,1-3H3,(H,23,26). The van der Waals surface area contributed by atoms with Crippen molar-refractivity contribution < 1.29 is 14.3 Å². The molecule has 0 bridgehead atoms. The van der Waals surface area contributed by atoms with Gasteiger partial charge in [0.1, 0.15) is 17.2 Å². The second-order valence-corrected chi connectivity index (χ2v) is 5.95. The van der Waals surface area contributed by atoms with E-state index in [1.54, 1.807) is 32.0 Å². The van der Waals surface area contributed by atoms with Crippen LogP contribution in [0.4, 0.5) is 0 Å². The van der Waals surface area contributed by atoms with Gasteiger partial charge in [-0.25, -0.2) is 0 Å². The number of methoxy groups -OCH3 is 2. The van der Waals surface area contributed by atoms with E-state index >= 15 is 0 Å². The molecular formula is C22H21N3O3. The van der Waals surface area contributed by atoms with E-state index in [2.05, 4.69) is 22.3 Å². The number of amides is 1. The second-order valence-electron chi connectivity index (χ2n) is 5.95. The molecule has 0 saturated heterocycles. The lowest BCUT2D eigenvalue weighted by Crippen LogP contribution is -2.25. The van der Waals surface area contributed by atoms with E-state index in [0.717, 1.165) is 16.9 Å². The van der Waals surface area contributed by atoms with Gasteiger partial charge in [0.25, 0.3) is 5.91 Å². The van der Waals surface area contributed by atoms with Crippen molar-refractivity contribution >= 4 is 5.91 Å². The highest BCUT2D eigenvalue weighted by molar-refractivity contribution is 5.94. The summed E-state index contributed by atoms with van der Waals surface area (Å²) in [5.74, 6) is 7.20. The van der Waals surface area contributed by atoms with Crippen LogP contribution in [0.15, 0.2) is 54.6 Å². The number of benzene rings is 2. The Morgan fingerprint density at radius 2 is 1.86 bits per heavy atom. The number of carbonyl (C=O) groups excluding carboxylic acids is 1. The molecule has 0 saturated carbocycles. The van der Waals surface area contributed by atoms with Crippen molar-refractivity contribution in [2.24, 2.45) is 7.05 Å². The van der Waals surface area contributed by atoms with Gasteiger partial charge in [0.05, 0.1) is 26.5 Å². The average Bonchev–Trinajstić information content (AvgIpc) is 3.13. The SMILES string of the molecule is COc1ccc(C#CCNC(=O)c2cc(-c3ccccc3OC)nn2C)cc1. The molecule has 2 aromatic carbocycles. The maximum atomic E-state index is 12.5. The molecule has 1 N–H and O–H groups in total. The van der Waals surface area contributed by atoms with Crippen LogP contribution in [0.2, 0.25) is 0 Å². The largest absolute Gasteiger partial charge is 0.497 e. The highest BCUT2D eigenvalue weighted by atomic mass is 16.5. The Morgan fingerprint density at radius 1 is 1.11 bits per heavy atom. The predicted octanol–water partition coefficient (Wildman–Crippen LogP) is 2.89.